The fourth-order valence-corrected chi connectivity index (χ4v) is 3.38. The number of para-hydroxylation sites is 1. The number of hydrogen-bond acceptors (Lipinski definition) is 5. The Morgan fingerprint density at radius 1 is 1.44 bits per heavy atom. The molecule has 6 nitrogen and oxygen atoms in total. The van der Waals surface area contributed by atoms with Gasteiger partial charge in [0.25, 0.3) is 0 Å². The maximum absolute atomic E-state index is 12.0. The summed E-state index contributed by atoms with van der Waals surface area (Å²) in [5, 5.41) is 11.1. The van der Waals surface area contributed by atoms with Crippen molar-refractivity contribution in [1.82, 2.24) is 0 Å². The van der Waals surface area contributed by atoms with E-state index in [1.165, 1.54) is 20.1 Å². The minimum absolute atomic E-state index is 0.154. The zero-order valence-electron chi connectivity index (χ0n) is 8.84. The first kappa shape index (κ1) is 13.0. The number of anilines is 1. The molecule has 0 aromatic heterocycles. The second-order valence-corrected chi connectivity index (χ2v) is 7.17. The molecule has 0 heterocycles. The van der Waals surface area contributed by atoms with E-state index in [0.717, 1.165) is 0 Å². The molecular formula is C9H12AsNO5. The molecule has 0 aliphatic rings. The Bertz CT molecular complexity index is 426. The molecule has 1 atom stereocenters. The van der Waals surface area contributed by atoms with E-state index in [0.29, 0.717) is 5.69 Å². The average molecular weight is 289 g/mol. The number of carbonyl (C=O) groups is 1. The van der Waals surface area contributed by atoms with E-state index in [2.05, 4.69) is 12.9 Å². The first-order valence-corrected chi connectivity index (χ1v) is 7.63. The van der Waals surface area contributed by atoms with Crippen LogP contribution in [0.4, 0.5) is 5.69 Å². The molecule has 0 spiro atoms. The van der Waals surface area contributed by atoms with Crippen LogP contribution in [0.1, 0.15) is 6.92 Å². The van der Waals surface area contributed by atoms with Gasteiger partial charge in [-0.25, -0.2) is 0 Å². The van der Waals surface area contributed by atoms with Gasteiger partial charge in [0.2, 0.25) is 0 Å². The Balaban J connectivity index is 3.22. The van der Waals surface area contributed by atoms with Gasteiger partial charge in [0.15, 0.2) is 0 Å². The first-order valence-electron chi connectivity index (χ1n) is 4.39. The van der Waals surface area contributed by atoms with Crippen molar-refractivity contribution < 1.29 is 21.4 Å². The van der Waals surface area contributed by atoms with Crippen LogP contribution < -0.4 is 9.67 Å². The summed E-state index contributed by atoms with van der Waals surface area (Å²) in [6, 6.07) is 6.27. The Labute approximate surface area is 95.5 Å². The summed E-state index contributed by atoms with van der Waals surface area (Å²) in [7, 11) is 1.17. The Hall–Kier alpha value is -1.07. The van der Waals surface area contributed by atoms with Crippen LogP contribution in [-0.4, -0.2) is 32.4 Å². The molecule has 0 aliphatic heterocycles. The van der Waals surface area contributed by atoms with Crippen LogP contribution in [0.5, 0.6) is 0 Å². The Morgan fingerprint density at radius 2 is 2.06 bits per heavy atom. The quantitative estimate of drug-likeness (QED) is 0.475. The number of hydrogen-bond donors (Lipinski definition) is 2. The number of nitrogens with one attached hydrogen (secondary N) is 1. The van der Waals surface area contributed by atoms with E-state index in [9.17, 15) is 8.53 Å². The van der Waals surface area contributed by atoms with Crippen molar-refractivity contribution in [2.24, 2.45) is 0 Å². The van der Waals surface area contributed by atoms with E-state index in [1.54, 1.807) is 18.2 Å². The summed E-state index contributed by atoms with van der Waals surface area (Å²) in [6.45, 7) is 1.32. The Morgan fingerprint density at radius 3 is 2.56 bits per heavy atom. The van der Waals surface area contributed by atoms with Crippen molar-refractivity contribution >= 4 is 30.1 Å². The SMILES string of the molecule is CO[As](=O)(OO)c1ccccc1NC(C)=O. The molecule has 0 saturated heterocycles. The molecule has 0 bridgehead atoms. The average Bonchev–Trinajstić information content (AvgIpc) is 2.28. The van der Waals surface area contributed by atoms with Crippen LogP contribution in [0, 0.1) is 0 Å². The second-order valence-electron chi connectivity index (χ2n) is 2.96. The molecule has 1 rings (SSSR count). The third-order valence-corrected chi connectivity index (χ3v) is 5.37. The molecule has 1 unspecified atom stereocenters. The van der Waals surface area contributed by atoms with E-state index >= 15 is 0 Å². The van der Waals surface area contributed by atoms with Crippen molar-refractivity contribution in [3.8, 4) is 0 Å². The molecule has 0 aliphatic carbocycles. The molecule has 0 fully saturated rings. The van der Waals surface area contributed by atoms with Gasteiger partial charge in [-0.15, -0.1) is 0 Å². The summed E-state index contributed by atoms with van der Waals surface area (Å²) < 4.78 is 20.7. The van der Waals surface area contributed by atoms with E-state index in [1.807, 2.05) is 0 Å². The van der Waals surface area contributed by atoms with Crippen LogP contribution in [0.15, 0.2) is 24.3 Å². The predicted octanol–water partition coefficient (Wildman–Crippen LogP) is 0.357. The zero-order chi connectivity index (χ0) is 12.2. The molecule has 16 heavy (non-hydrogen) atoms. The van der Waals surface area contributed by atoms with Crippen molar-refractivity contribution in [2.45, 2.75) is 6.92 Å². The summed E-state index contributed by atoms with van der Waals surface area (Å²) >= 11 is -4.46. The van der Waals surface area contributed by atoms with E-state index < -0.39 is 14.2 Å². The standard InChI is InChI=1S/C9H12AsNO5/c1-7(12)11-9-6-4-3-5-8(9)10(13,15-2)16-14/h3-6,14H,1-2H3,(H,11,12). The summed E-state index contributed by atoms with van der Waals surface area (Å²) in [5.41, 5.74) is 0.299. The third kappa shape index (κ3) is 2.74. The summed E-state index contributed by atoms with van der Waals surface area (Å²) in [4.78, 5) is 10.9. The third-order valence-electron chi connectivity index (χ3n) is 1.86. The van der Waals surface area contributed by atoms with Crippen molar-refractivity contribution in [3.63, 3.8) is 0 Å². The molecular weight excluding hydrogens is 277 g/mol. The fraction of sp³-hybridized carbons (Fsp3) is 0.222. The summed E-state index contributed by atoms with van der Waals surface area (Å²) in [6.07, 6.45) is 0. The minimum atomic E-state index is -4.46. The molecule has 1 amide bonds. The van der Waals surface area contributed by atoms with Crippen molar-refractivity contribution in [1.29, 1.82) is 0 Å². The molecule has 0 saturated carbocycles. The first-order chi connectivity index (χ1) is 7.53. The van der Waals surface area contributed by atoms with Crippen LogP contribution >= 0.6 is 0 Å². The van der Waals surface area contributed by atoms with E-state index in [4.69, 9.17) is 5.26 Å². The number of amides is 1. The zero-order valence-corrected chi connectivity index (χ0v) is 10.7. The molecule has 1 aromatic rings. The number of carbonyl (C=O) groups excluding carboxylic acids is 1. The maximum atomic E-state index is 12.0. The molecule has 2 N–H and O–H groups in total. The van der Waals surface area contributed by atoms with Crippen LogP contribution in [0.2, 0.25) is 0 Å². The second kappa shape index (κ2) is 5.32. The van der Waals surface area contributed by atoms with Gasteiger partial charge in [-0.3, -0.25) is 0 Å². The van der Waals surface area contributed by atoms with Gasteiger partial charge in [0.05, 0.1) is 0 Å². The van der Waals surface area contributed by atoms with Crippen molar-refractivity contribution in [3.05, 3.63) is 24.3 Å². The van der Waals surface area contributed by atoms with Gasteiger partial charge in [-0.05, 0) is 0 Å². The fourth-order valence-electron chi connectivity index (χ4n) is 1.18. The van der Waals surface area contributed by atoms with Gasteiger partial charge in [-0.2, -0.15) is 0 Å². The number of rotatable bonds is 4. The molecule has 1 aromatic carbocycles. The monoisotopic (exact) mass is 289 g/mol. The van der Waals surface area contributed by atoms with Crippen LogP contribution in [0.25, 0.3) is 0 Å². The van der Waals surface area contributed by atoms with Crippen LogP contribution in [0.3, 0.4) is 0 Å². The van der Waals surface area contributed by atoms with Gasteiger partial charge in [0.1, 0.15) is 0 Å². The normalized spacial score (nSPS) is 14.2. The van der Waals surface area contributed by atoms with Gasteiger partial charge >= 0.3 is 95.1 Å². The van der Waals surface area contributed by atoms with E-state index in [-0.39, 0.29) is 10.3 Å². The molecule has 88 valence electrons. The molecule has 7 heteroatoms. The molecule has 0 radical (unpaired) electrons. The van der Waals surface area contributed by atoms with Crippen molar-refractivity contribution in [2.75, 3.05) is 12.4 Å². The topological polar surface area (TPSA) is 84.9 Å². The van der Waals surface area contributed by atoms with Gasteiger partial charge in [-0.1, -0.05) is 0 Å². The predicted molar refractivity (Wildman–Crippen MR) is 57.5 cm³/mol. The Kier molecular flexibility index (Phi) is 4.32. The van der Waals surface area contributed by atoms with Crippen LogP contribution in [-0.2, 0) is 16.1 Å². The van der Waals surface area contributed by atoms with Gasteiger partial charge in [0, 0.05) is 0 Å². The van der Waals surface area contributed by atoms with Gasteiger partial charge < -0.3 is 0 Å². The number of benzene rings is 1. The summed E-state index contributed by atoms with van der Waals surface area (Å²) in [5.74, 6) is -0.316.